The van der Waals surface area contributed by atoms with Crippen LogP contribution in [0, 0.1) is 0 Å². The molecule has 1 saturated carbocycles. The lowest BCUT2D eigenvalue weighted by Crippen LogP contribution is -2.14. The Hall–Kier alpha value is -2.30. The summed E-state index contributed by atoms with van der Waals surface area (Å²) in [6.45, 7) is 0.653. The average molecular weight is 270 g/mol. The molecular weight excluding hydrogens is 252 g/mol. The Morgan fingerprint density at radius 3 is 3.00 bits per heavy atom. The van der Waals surface area contributed by atoms with E-state index >= 15 is 0 Å². The van der Waals surface area contributed by atoms with Crippen molar-refractivity contribution >= 4 is 11.7 Å². The van der Waals surface area contributed by atoms with E-state index in [2.05, 4.69) is 34.7 Å². The molecule has 0 unspecified atom stereocenters. The number of benzene rings is 1. The number of nitrogens with one attached hydrogen (secondary N) is 1. The van der Waals surface area contributed by atoms with Crippen LogP contribution in [0.5, 0.6) is 0 Å². The lowest BCUT2D eigenvalue weighted by molar-refractivity contribution is 0.100. The van der Waals surface area contributed by atoms with Gasteiger partial charge in [0.25, 0.3) is 5.91 Å². The van der Waals surface area contributed by atoms with Crippen molar-refractivity contribution in [1.29, 1.82) is 0 Å². The Balaban J connectivity index is 1.74. The highest BCUT2D eigenvalue weighted by Gasteiger charge is 2.23. The molecule has 1 aliphatic carbocycles. The molecule has 0 atom stereocenters. The first-order valence-electron chi connectivity index (χ1n) is 6.79. The topological polar surface area (TPSA) is 72.9 Å². The second-order valence-electron chi connectivity index (χ2n) is 5.27. The maximum Gasteiger partial charge on any atom is 0.254 e. The summed E-state index contributed by atoms with van der Waals surface area (Å²) in [5.41, 5.74) is 8.37. The molecule has 1 heterocycles. The normalized spacial score (nSPS) is 14.2. The van der Waals surface area contributed by atoms with Crippen LogP contribution in [0.2, 0.25) is 0 Å². The molecule has 1 amide bonds. The van der Waals surface area contributed by atoms with E-state index in [1.54, 1.807) is 11.7 Å². The number of nitrogens with zero attached hydrogens (tertiary/aromatic N) is 2. The SMILES string of the molecule is Cn1ncc(C(N)=O)c1NCc1cccc(C2CC2)c1. The Labute approximate surface area is 117 Å². The van der Waals surface area contributed by atoms with E-state index in [4.69, 9.17) is 5.73 Å². The molecule has 0 bridgehead atoms. The predicted octanol–water partition coefficient (Wildman–Crippen LogP) is 2.01. The third kappa shape index (κ3) is 2.52. The van der Waals surface area contributed by atoms with Crippen molar-refractivity contribution in [1.82, 2.24) is 9.78 Å². The number of aromatic nitrogens is 2. The smallest absolute Gasteiger partial charge is 0.254 e. The zero-order valence-electron chi connectivity index (χ0n) is 11.5. The lowest BCUT2D eigenvalue weighted by atomic mass is 10.1. The van der Waals surface area contributed by atoms with Crippen LogP contribution in [-0.4, -0.2) is 15.7 Å². The number of carbonyl (C=O) groups is 1. The average Bonchev–Trinajstić information content (AvgIpc) is 3.21. The molecule has 0 radical (unpaired) electrons. The first-order valence-corrected chi connectivity index (χ1v) is 6.79. The van der Waals surface area contributed by atoms with Gasteiger partial charge in [-0.2, -0.15) is 5.10 Å². The van der Waals surface area contributed by atoms with Gasteiger partial charge in [0.15, 0.2) is 0 Å². The number of amides is 1. The Bertz CT molecular complexity index is 643. The fourth-order valence-electron chi connectivity index (χ4n) is 2.39. The quantitative estimate of drug-likeness (QED) is 0.873. The highest BCUT2D eigenvalue weighted by Crippen LogP contribution is 2.40. The van der Waals surface area contributed by atoms with Crippen LogP contribution < -0.4 is 11.1 Å². The van der Waals surface area contributed by atoms with Crippen molar-refractivity contribution in [2.24, 2.45) is 12.8 Å². The number of nitrogens with two attached hydrogens (primary N) is 1. The second kappa shape index (κ2) is 5.00. The van der Waals surface area contributed by atoms with Gasteiger partial charge in [0.1, 0.15) is 11.4 Å². The maximum absolute atomic E-state index is 11.3. The van der Waals surface area contributed by atoms with E-state index in [1.165, 1.54) is 30.2 Å². The summed E-state index contributed by atoms with van der Waals surface area (Å²) >= 11 is 0. The second-order valence-corrected chi connectivity index (χ2v) is 5.27. The number of aryl methyl sites for hydroxylation is 1. The van der Waals surface area contributed by atoms with Crippen molar-refractivity contribution in [3.8, 4) is 0 Å². The minimum Gasteiger partial charge on any atom is -0.366 e. The van der Waals surface area contributed by atoms with E-state index in [9.17, 15) is 4.79 Å². The summed E-state index contributed by atoms with van der Waals surface area (Å²) in [5.74, 6) is 0.939. The summed E-state index contributed by atoms with van der Waals surface area (Å²) in [6, 6.07) is 8.58. The number of anilines is 1. The predicted molar refractivity (Wildman–Crippen MR) is 77.5 cm³/mol. The van der Waals surface area contributed by atoms with Gasteiger partial charge in [-0.25, -0.2) is 0 Å². The Morgan fingerprint density at radius 1 is 1.50 bits per heavy atom. The number of hydrogen-bond donors (Lipinski definition) is 2. The number of primary amides is 1. The van der Waals surface area contributed by atoms with Crippen LogP contribution in [0.1, 0.15) is 40.2 Å². The van der Waals surface area contributed by atoms with Gasteiger partial charge in [-0.05, 0) is 29.9 Å². The molecule has 0 saturated heterocycles. The zero-order valence-corrected chi connectivity index (χ0v) is 11.5. The molecule has 1 aromatic carbocycles. The highest BCUT2D eigenvalue weighted by molar-refractivity contribution is 5.97. The maximum atomic E-state index is 11.3. The van der Waals surface area contributed by atoms with E-state index in [-0.39, 0.29) is 0 Å². The first-order chi connectivity index (χ1) is 9.65. The molecule has 5 heteroatoms. The molecule has 104 valence electrons. The highest BCUT2D eigenvalue weighted by atomic mass is 16.1. The Kier molecular flexibility index (Phi) is 3.18. The van der Waals surface area contributed by atoms with Crippen molar-refractivity contribution in [3.05, 3.63) is 47.2 Å². The summed E-state index contributed by atoms with van der Waals surface area (Å²) in [6.07, 6.45) is 4.08. The molecule has 5 nitrogen and oxygen atoms in total. The van der Waals surface area contributed by atoms with E-state index in [0.29, 0.717) is 17.9 Å². The van der Waals surface area contributed by atoms with Crippen LogP contribution >= 0.6 is 0 Å². The van der Waals surface area contributed by atoms with E-state index in [0.717, 1.165) is 5.92 Å². The molecule has 3 rings (SSSR count). The summed E-state index contributed by atoms with van der Waals surface area (Å²) < 4.78 is 1.63. The van der Waals surface area contributed by atoms with Crippen LogP contribution in [0.4, 0.5) is 5.82 Å². The molecule has 2 aromatic rings. The molecule has 0 spiro atoms. The monoisotopic (exact) mass is 270 g/mol. The fourth-order valence-corrected chi connectivity index (χ4v) is 2.39. The molecule has 3 N–H and O–H groups in total. The third-order valence-corrected chi connectivity index (χ3v) is 3.66. The number of hydrogen-bond acceptors (Lipinski definition) is 3. The summed E-state index contributed by atoms with van der Waals surface area (Å²) in [5, 5.41) is 7.30. The van der Waals surface area contributed by atoms with Gasteiger partial charge in [0.2, 0.25) is 0 Å². The van der Waals surface area contributed by atoms with Crippen LogP contribution in [0.15, 0.2) is 30.5 Å². The number of rotatable bonds is 5. The lowest BCUT2D eigenvalue weighted by Gasteiger charge is -2.09. The van der Waals surface area contributed by atoms with Gasteiger partial charge >= 0.3 is 0 Å². The summed E-state index contributed by atoms with van der Waals surface area (Å²) in [7, 11) is 1.79. The van der Waals surface area contributed by atoms with Gasteiger partial charge in [-0.3, -0.25) is 9.48 Å². The summed E-state index contributed by atoms with van der Waals surface area (Å²) in [4.78, 5) is 11.3. The third-order valence-electron chi connectivity index (χ3n) is 3.66. The van der Waals surface area contributed by atoms with Gasteiger partial charge in [0, 0.05) is 13.6 Å². The molecule has 1 aliphatic rings. The van der Waals surface area contributed by atoms with Gasteiger partial charge in [-0.1, -0.05) is 24.3 Å². The molecule has 1 aromatic heterocycles. The van der Waals surface area contributed by atoms with Crippen molar-refractivity contribution in [3.63, 3.8) is 0 Å². The van der Waals surface area contributed by atoms with Gasteiger partial charge < -0.3 is 11.1 Å². The minimum absolute atomic E-state index is 0.422. The van der Waals surface area contributed by atoms with Crippen molar-refractivity contribution in [2.75, 3.05) is 5.32 Å². The standard InChI is InChI=1S/C15H18N4O/c1-19-15(13(9-18-19)14(16)20)17-8-10-3-2-4-12(7-10)11-5-6-11/h2-4,7,9,11,17H,5-6,8H2,1H3,(H2,16,20). The minimum atomic E-state index is -0.465. The molecule has 20 heavy (non-hydrogen) atoms. The van der Waals surface area contributed by atoms with Crippen molar-refractivity contribution in [2.45, 2.75) is 25.3 Å². The zero-order chi connectivity index (χ0) is 14.1. The largest absolute Gasteiger partial charge is 0.366 e. The number of carbonyl (C=O) groups excluding carboxylic acids is 1. The molecule has 0 aliphatic heterocycles. The van der Waals surface area contributed by atoms with E-state index in [1.807, 2.05) is 0 Å². The molecule has 1 fully saturated rings. The van der Waals surface area contributed by atoms with E-state index < -0.39 is 5.91 Å². The fraction of sp³-hybridized carbons (Fsp3) is 0.333. The van der Waals surface area contributed by atoms with Crippen LogP contribution in [0.25, 0.3) is 0 Å². The van der Waals surface area contributed by atoms with Gasteiger partial charge in [0.05, 0.1) is 6.20 Å². The van der Waals surface area contributed by atoms with Crippen molar-refractivity contribution < 1.29 is 4.79 Å². The van der Waals surface area contributed by atoms with Crippen LogP contribution in [-0.2, 0) is 13.6 Å². The Morgan fingerprint density at radius 2 is 2.30 bits per heavy atom. The molecular formula is C15H18N4O. The van der Waals surface area contributed by atoms with Crippen LogP contribution in [0.3, 0.4) is 0 Å². The van der Waals surface area contributed by atoms with Gasteiger partial charge in [-0.15, -0.1) is 0 Å². The first kappa shape index (κ1) is 12.7.